The van der Waals surface area contributed by atoms with Gasteiger partial charge in [-0.2, -0.15) is 4.98 Å². The molecule has 7 heteroatoms. The SMILES string of the molecule is CN(C)c1cccc(-c2cccc(Nc3nccc(NCCCN4CCNC4)n3)c2)c1. The molecule has 0 atom stereocenters. The lowest BCUT2D eigenvalue weighted by molar-refractivity contribution is 0.333. The Morgan fingerprint density at radius 1 is 1.06 bits per heavy atom. The number of hydrogen-bond donors (Lipinski definition) is 3. The molecule has 1 fully saturated rings. The zero-order valence-electron chi connectivity index (χ0n) is 18.3. The predicted molar refractivity (Wildman–Crippen MR) is 129 cm³/mol. The second kappa shape index (κ2) is 10.2. The van der Waals surface area contributed by atoms with Crippen molar-refractivity contribution in [1.29, 1.82) is 0 Å². The monoisotopic (exact) mass is 417 g/mol. The number of hydrogen-bond acceptors (Lipinski definition) is 7. The number of nitrogens with one attached hydrogen (secondary N) is 3. The van der Waals surface area contributed by atoms with Crippen LogP contribution in [0.3, 0.4) is 0 Å². The summed E-state index contributed by atoms with van der Waals surface area (Å²) >= 11 is 0. The van der Waals surface area contributed by atoms with Crippen LogP contribution < -0.4 is 20.9 Å². The van der Waals surface area contributed by atoms with Crippen molar-refractivity contribution in [1.82, 2.24) is 20.2 Å². The van der Waals surface area contributed by atoms with Crippen LogP contribution in [0.4, 0.5) is 23.1 Å². The van der Waals surface area contributed by atoms with E-state index in [0.717, 1.165) is 56.3 Å². The number of anilines is 4. The largest absolute Gasteiger partial charge is 0.378 e. The van der Waals surface area contributed by atoms with E-state index in [1.165, 1.54) is 11.3 Å². The average Bonchev–Trinajstić information content (AvgIpc) is 3.31. The minimum atomic E-state index is 0.591. The lowest BCUT2D eigenvalue weighted by atomic mass is 10.0. The third-order valence-corrected chi connectivity index (χ3v) is 5.37. The minimum Gasteiger partial charge on any atom is -0.378 e. The summed E-state index contributed by atoms with van der Waals surface area (Å²) in [7, 11) is 4.11. The van der Waals surface area contributed by atoms with Gasteiger partial charge in [0.15, 0.2) is 0 Å². The fraction of sp³-hybridized carbons (Fsp3) is 0.333. The molecule has 2 heterocycles. The fourth-order valence-electron chi connectivity index (χ4n) is 3.65. The zero-order chi connectivity index (χ0) is 21.5. The Morgan fingerprint density at radius 3 is 2.71 bits per heavy atom. The molecule has 0 bridgehead atoms. The molecule has 1 saturated heterocycles. The van der Waals surface area contributed by atoms with Crippen molar-refractivity contribution in [3.05, 3.63) is 60.8 Å². The van der Waals surface area contributed by atoms with E-state index in [1.807, 2.05) is 12.1 Å². The van der Waals surface area contributed by atoms with E-state index >= 15 is 0 Å². The number of benzene rings is 2. The second-order valence-electron chi connectivity index (χ2n) is 7.97. The molecule has 0 radical (unpaired) electrons. The fourth-order valence-corrected chi connectivity index (χ4v) is 3.65. The highest BCUT2D eigenvalue weighted by atomic mass is 15.3. The lowest BCUT2D eigenvalue weighted by Gasteiger charge is -2.14. The topological polar surface area (TPSA) is 68.3 Å². The number of aromatic nitrogens is 2. The van der Waals surface area contributed by atoms with Crippen LogP contribution in [0, 0.1) is 0 Å². The smallest absolute Gasteiger partial charge is 0.229 e. The van der Waals surface area contributed by atoms with Crippen LogP contribution in [0.2, 0.25) is 0 Å². The Labute approximate surface area is 184 Å². The highest BCUT2D eigenvalue weighted by molar-refractivity contribution is 5.72. The van der Waals surface area contributed by atoms with Crippen LogP contribution in [0.5, 0.6) is 0 Å². The van der Waals surface area contributed by atoms with Crippen LogP contribution in [-0.4, -0.2) is 61.8 Å². The first-order valence-electron chi connectivity index (χ1n) is 10.8. The van der Waals surface area contributed by atoms with Gasteiger partial charge in [-0.1, -0.05) is 24.3 Å². The summed E-state index contributed by atoms with van der Waals surface area (Å²) in [6, 6.07) is 18.8. The van der Waals surface area contributed by atoms with Gasteiger partial charge >= 0.3 is 0 Å². The van der Waals surface area contributed by atoms with Crippen LogP contribution in [0.25, 0.3) is 11.1 Å². The number of nitrogens with zero attached hydrogens (tertiary/aromatic N) is 4. The lowest BCUT2D eigenvalue weighted by Crippen LogP contribution is -2.24. The normalized spacial score (nSPS) is 13.9. The van der Waals surface area contributed by atoms with Gasteiger partial charge in [-0.05, 0) is 47.9 Å². The summed E-state index contributed by atoms with van der Waals surface area (Å²) in [5, 5.41) is 10.1. The van der Waals surface area contributed by atoms with Gasteiger partial charge in [-0.25, -0.2) is 4.98 Å². The molecular weight excluding hydrogens is 386 g/mol. The molecule has 1 aliphatic heterocycles. The van der Waals surface area contributed by atoms with Gasteiger partial charge in [0.2, 0.25) is 5.95 Å². The zero-order valence-corrected chi connectivity index (χ0v) is 18.3. The van der Waals surface area contributed by atoms with Crippen LogP contribution in [0.1, 0.15) is 6.42 Å². The molecule has 1 aliphatic rings. The summed E-state index contributed by atoms with van der Waals surface area (Å²) in [6.07, 6.45) is 2.87. The highest BCUT2D eigenvalue weighted by Gasteiger charge is 2.09. The third-order valence-electron chi connectivity index (χ3n) is 5.37. The molecule has 0 unspecified atom stereocenters. The first-order chi connectivity index (χ1) is 15.2. The molecule has 4 rings (SSSR count). The molecule has 0 aliphatic carbocycles. The molecule has 162 valence electrons. The van der Waals surface area contributed by atoms with Crippen molar-refractivity contribution in [2.75, 3.05) is 62.5 Å². The Kier molecular flexibility index (Phi) is 6.96. The quantitative estimate of drug-likeness (QED) is 0.460. The Balaban J connectivity index is 1.37. The summed E-state index contributed by atoms with van der Waals surface area (Å²) in [4.78, 5) is 13.5. The molecular formula is C24H31N7. The van der Waals surface area contributed by atoms with E-state index < -0.39 is 0 Å². The maximum atomic E-state index is 4.61. The van der Waals surface area contributed by atoms with E-state index in [-0.39, 0.29) is 0 Å². The van der Waals surface area contributed by atoms with E-state index in [4.69, 9.17) is 0 Å². The number of rotatable bonds is 9. The highest BCUT2D eigenvalue weighted by Crippen LogP contribution is 2.27. The summed E-state index contributed by atoms with van der Waals surface area (Å²) in [5.74, 6) is 1.43. The molecule has 0 spiro atoms. The van der Waals surface area contributed by atoms with Crippen LogP contribution in [-0.2, 0) is 0 Å². The van der Waals surface area contributed by atoms with E-state index in [2.05, 4.69) is 92.3 Å². The predicted octanol–water partition coefficient (Wildman–Crippen LogP) is 3.62. The van der Waals surface area contributed by atoms with Crippen LogP contribution >= 0.6 is 0 Å². The maximum absolute atomic E-state index is 4.61. The van der Waals surface area contributed by atoms with E-state index in [1.54, 1.807) is 6.20 Å². The van der Waals surface area contributed by atoms with Crippen molar-refractivity contribution in [3.8, 4) is 11.1 Å². The van der Waals surface area contributed by atoms with Crippen molar-refractivity contribution in [2.24, 2.45) is 0 Å². The van der Waals surface area contributed by atoms with Gasteiger partial charge in [-0.15, -0.1) is 0 Å². The third kappa shape index (κ3) is 5.93. The van der Waals surface area contributed by atoms with Gasteiger partial charge in [-0.3, -0.25) is 4.90 Å². The first kappa shape index (κ1) is 21.1. The molecule has 7 nitrogen and oxygen atoms in total. The van der Waals surface area contributed by atoms with E-state index in [0.29, 0.717) is 5.95 Å². The van der Waals surface area contributed by atoms with Gasteiger partial charge < -0.3 is 20.9 Å². The van der Waals surface area contributed by atoms with Gasteiger partial charge in [0.05, 0.1) is 0 Å². The van der Waals surface area contributed by atoms with Crippen molar-refractivity contribution in [3.63, 3.8) is 0 Å². The molecule has 3 aromatic rings. The Morgan fingerprint density at radius 2 is 1.90 bits per heavy atom. The van der Waals surface area contributed by atoms with Gasteiger partial charge in [0.1, 0.15) is 5.82 Å². The average molecular weight is 418 g/mol. The van der Waals surface area contributed by atoms with Crippen molar-refractivity contribution in [2.45, 2.75) is 6.42 Å². The van der Waals surface area contributed by atoms with Crippen molar-refractivity contribution >= 4 is 23.1 Å². The first-order valence-corrected chi connectivity index (χ1v) is 10.8. The molecule has 3 N–H and O–H groups in total. The van der Waals surface area contributed by atoms with Gasteiger partial charge in [0, 0.05) is 64.5 Å². The molecule has 31 heavy (non-hydrogen) atoms. The maximum Gasteiger partial charge on any atom is 0.229 e. The second-order valence-corrected chi connectivity index (χ2v) is 7.97. The Bertz CT molecular complexity index is 983. The van der Waals surface area contributed by atoms with Crippen molar-refractivity contribution < 1.29 is 0 Å². The molecule has 2 aromatic carbocycles. The van der Waals surface area contributed by atoms with Crippen LogP contribution in [0.15, 0.2) is 60.8 Å². The minimum absolute atomic E-state index is 0.591. The molecule has 0 saturated carbocycles. The molecule has 1 aromatic heterocycles. The Hall–Kier alpha value is -3.16. The van der Waals surface area contributed by atoms with E-state index in [9.17, 15) is 0 Å². The summed E-state index contributed by atoms with van der Waals surface area (Å²) in [6.45, 7) is 5.22. The van der Waals surface area contributed by atoms with Gasteiger partial charge in [0.25, 0.3) is 0 Å². The standard InChI is InChI=1S/C24H31N7/c1-30(2)22-9-4-7-20(17-22)19-6-3-8-21(16-19)28-24-27-12-10-23(29-24)26-11-5-14-31-15-13-25-18-31/h3-4,6-10,12,16-17,25H,5,11,13-15,18H2,1-2H3,(H2,26,27,28,29). The summed E-state index contributed by atoms with van der Waals surface area (Å²) < 4.78 is 0. The molecule has 0 amide bonds. The summed E-state index contributed by atoms with van der Waals surface area (Å²) in [5.41, 5.74) is 4.48.